The van der Waals surface area contributed by atoms with Crippen LogP contribution >= 0.6 is 0 Å². The second-order valence-electron chi connectivity index (χ2n) is 7.33. The lowest BCUT2D eigenvalue weighted by molar-refractivity contribution is 0.598. The number of nitrogens with one attached hydrogen (secondary N) is 2. The Labute approximate surface area is 178 Å². The van der Waals surface area contributed by atoms with Crippen molar-refractivity contribution in [1.29, 1.82) is 0 Å². The molecule has 0 aliphatic heterocycles. The van der Waals surface area contributed by atoms with Crippen molar-refractivity contribution in [2.24, 2.45) is 0 Å². The van der Waals surface area contributed by atoms with E-state index in [-0.39, 0.29) is 9.79 Å². The van der Waals surface area contributed by atoms with Gasteiger partial charge in [0.05, 0.1) is 9.79 Å². The van der Waals surface area contributed by atoms with Gasteiger partial charge >= 0.3 is 0 Å². The molecule has 0 saturated heterocycles. The SMILES string of the molecule is Cc1ccc(NS(=O)(=O)c2cc(S(=O)(=O)Nc3ccc(C)cc3)c(C)cc2C)cc1. The van der Waals surface area contributed by atoms with Gasteiger partial charge in [-0.2, -0.15) is 0 Å². The lowest BCUT2D eigenvalue weighted by Gasteiger charge is -2.15. The molecule has 0 bridgehead atoms. The molecule has 0 saturated carbocycles. The summed E-state index contributed by atoms with van der Waals surface area (Å²) in [6, 6.07) is 16.6. The predicted octanol–water partition coefficient (Wildman–Crippen LogP) is 4.52. The number of hydrogen-bond donors (Lipinski definition) is 2. The second-order valence-corrected chi connectivity index (χ2v) is 10.6. The van der Waals surface area contributed by atoms with Crippen LogP contribution in [0.25, 0.3) is 0 Å². The summed E-state index contributed by atoms with van der Waals surface area (Å²) in [5.74, 6) is 0. The van der Waals surface area contributed by atoms with Gasteiger partial charge in [-0.05, 0) is 69.2 Å². The predicted molar refractivity (Wildman–Crippen MR) is 120 cm³/mol. The smallest absolute Gasteiger partial charge is 0.262 e. The van der Waals surface area contributed by atoms with E-state index in [2.05, 4.69) is 9.44 Å². The van der Waals surface area contributed by atoms with Crippen molar-refractivity contribution in [3.63, 3.8) is 0 Å². The number of aryl methyl sites for hydroxylation is 4. The number of anilines is 2. The van der Waals surface area contributed by atoms with Crippen LogP contribution < -0.4 is 9.44 Å². The summed E-state index contributed by atoms with van der Waals surface area (Å²) >= 11 is 0. The maximum absolute atomic E-state index is 13.0. The van der Waals surface area contributed by atoms with E-state index in [9.17, 15) is 16.8 Å². The molecule has 8 heteroatoms. The van der Waals surface area contributed by atoms with Crippen LogP contribution in [0.1, 0.15) is 22.3 Å². The van der Waals surface area contributed by atoms with Crippen LogP contribution in [0.5, 0.6) is 0 Å². The van der Waals surface area contributed by atoms with E-state index >= 15 is 0 Å². The molecule has 30 heavy (non-hydrogen) atoms. The molecule has 158 valence electrons. The molecule has 6 nitrogen and oxygen atoms in total. The van der Waals surface area contributed by atoms with Crippen molar-refractivity contribution in [2.75, 3.05) is 9.44 Å². The number of benzene rings is 3. The van der Waals surface area contributed by atoms with Gasteiger partial charge in [-0.15, -0.1) is 0 Å². The van der Waals surface area contributed by atoms with Crippen molar-refractivity contribution in [3.05, 3.63) is 82.9 Å². The molecule has 3 rings (SSSR count). The van der Waals surface area contributed by atoms with E-state index < -0.39 is 20.0 Å². The maximum atomic E-state index is 13.0. The fraction of sp³-hybridized carbons (Fsp3) is 0.182. The maximum Gasteiger partial charge on any atom is 0.262 e. The van der Waals surface area contributed by atoms with Gasteiger partial charge in [0.15, 0.2) is 0 Å². The Morgan fingerprint density at radius 3 is 1.20 bits per heavy atom. The summed E-state index contributed by atoms with van der Waals surface area (Å²) < 4.78 is 56.9. The largest absolute Gasteiger partial charge is 0.280 e. The summed E-state index contributed by atoms with van der Waals surface area (Å²) in [7, 11) is -7.95. The van der Waals surface area contributed by atoms with Gasteiger partial charge in [0, 0.05) is 11.4 Å². The van der Waals surface area contributed by atoms with Crippen LogP contribution in [0.15, 0.2) is 70.5 Å². The van der Waals surface area contributed by atoms with Gasteiger partial charge in [0.25, 0.3) is 20.0 Å². The molecule has 0 atom stereocenters. The Bertz CT molecular complexity index is 1180. The molecule has 0 aromatic heterocycles. The molecule has 0 amide bonds. The van der Waals surface area contributed by atoms with Crippen LogP contribution in [0.2, 0.25) is 0 Å². The molecule has 0 heterocycles. The van der Waals surface area contributed by atoms with Gasteiger partial charge in [-0.1, -0.05) is 41.5 Å². The van der Waals surface area contributed by atoms with Gasteiger partial charge in [0.2, 0.25) is 0 Å². The molecule has 0 aliphatic carbocycles. The molecule has 3 aromatic rings. The van der Waals surface area contributed by atoms with Gasteiger partial charge in [0.1, 0.15) is 0 Å². The van der Waals surface area contributed by atoms with Gasteiger partial charge < -0.3 is 0 Å². The van der Waals surface area contributed by atoms with E-state index in [4.69, 9.17) is 0 Å². The fourth-order valence-corrected chi connectivity index (χ4v) is 5.76. The molecule has 0 spiro atoms. The minimum atomic E-state index is -3.98. The Morgan fingerprint density at radius 1 is 0.533 bits per heavy atom. The first kappa shape index (κ1) is 21.9. The van der Waals surface area contributed by atoms with Crippen molar-refractivity contribution in [3.8, 4) is 0 Å². The molecule has 3 aromatic carbocycles. The Kier molecular flexibility index (Phi) is 5.92. The molecular weight excluding hydrogens is 420 g/mol. The summed E-state index contributed by atoms with van der Waals surface area (Å²) in [6.07, 6.45) is 0. The average molecular weight is 445 g/mol. The van der Waals surface area contributed by atoms with Crippen LogP contribution in [0.4, 0.5) is 11.4 Å². The van der Waals surface area contributed by atoms with E-state index in [1.807, 2.05) is 13.8 Å². The number of rotatable bonds is 6. The Morgan fingerprint density at radius 2 is 0.867 bits per heavy atom. The molecule has 0 unspecified atom stereocenters. The third kappa shape index (κ3) is 4.83. The summed E-state index contributed by atoms with van der Waals surface area (Å²) in [4.78, 5) is -0.170. The monoisotopic (exact) mass is 444 g/mol. The molecule has 0 aliphatic rings. The molecule has 0 radical (unpaired) electrons. The van der Waals surface area contributed by atoms with Crippen LogP contribution in [-0.2, 0) is 20.0 Å². The minimum Gasteiger partial charge on any atom is -0.280 e. The number of hydrogen-bond acceptors (Lipinski definition) is 4. The minimum absolute atomic E-state index is 0.0852. The topological polar surface area (TPSA) is 92.3 Å². The van der Waals surface area contributed by atoms with Gasteiger partial charge in [-0.3, -0.25) is 9.44 Å². The average Bonchev–Trinajstić information content (AvgIpc) is 2.64. The van der Waals surface area contributed by atoms with Crippen LogP contribution in [0.3, 0.4) is 0 Å². The first-order chi connectivity index (χ1) is 14.0. The highest BCUT2D eigenvalue weighted by Gasteiger charge is 2.24. The van der Waals surface area contributed by atoms with E-state index in [0.29, 0.717) is 22.5 Å². The lowest BCUT2D eigenvalue weighted by atomic mass is 10.2. The summed E-state index contributed by atoms with van der Waals surface area (Å²) in [5.41, 5.74) is 3.73. The molecule has 0 fully saturated rings. The molecular formula is C22H24N2O4S2. The standard InChI is InChI=1S/C22H24N2O4S2/c1-15-5-9-19(10-6-15)23-29(25,26)21-14-22(18(4)13-17(21)3)30(27,28)24-20-11-7-16(2)8-12-20/h5-14,23-24H,1-4H3. The normalized spacial score (nSPS) is 11.9. The van der Waals surface area contributed by atoms with E-state index in [1.54, 1.807) is 68.4 Å². The zero-order valence-electron chi connectivity index (χ0n) is 17.2. The Hall–Kier alpha value is -2.84. The van der Waals surface area contributed by atoms with E-state index in [0.717, 1.165) is 11.1 Å². The van der Waals surface area contributed by atoms with Crippen LogP contribution in [-0.4, -0.2) is 16.8 Å². The third-order valence-corrected chi connectivity index (χ3v) is 7.71. The highest BCUT2D eigenvalue weighted by atomic mass is 32.2. The zero-order valence-corrected chi connectivity index (χ0v) is 18.9. The van der Waals surface area contributed by atoms with Crippen molar-refractivity contribution < 1.29 is 16.8 Å². The zero-order chi connectivity index (χ0) is 22.1. The number of sulfonamides is 2. The highest BCUT2D eigenvalue weighted by Crippen LogP contribution is 2.27. The van der Waals surface area contributed by atoms with E-state index in [1.165, 1.54) is 6.07 Å². The quantitative estimate of drug-likeness (QED) is 0.585. The fourth-order valence-electron chi connectivity index (χ4n) is 3.06. The van der Waals surface area contributed by atoms with Crippen molar-refractivity contribution in [2.45, 2.75) is 37.5 Å². The highest BCUT2D eigenvalue weighted by molar-refractivity contribution is 7.93. The van der Waals surface area contributed by atoms with Crippen molar-refractivity contribution >= 4 is 31.4 Å². The Balaban J connectivity index is 2.00. The van der Waals surface area contributed by atoms with Gasteiger partial charge in [-0.25, -0.2) is 16.8 Å². The summed E-state index contributed by atoms with van der Waals surface area (Å²) in [5, 5.41) is 0. The van der Waals surface area contributed by atoms with Crippen LogP contribution in [0, 0.1) is 27.7 Å². The second kappa shape index (κ2) is 8.12. The third-order valence-electron chi connectivity index (χ3n) is 4.66. The first-order valence-corrected chi connectivity index (χ1v) is 12.2. The first-order valence-electron chi connectivity index (χ1n) is 9.28. The van der Waals surface area contributed by atoms with Crippen molar-refractivity contribution in [1.82, 2.24) is 0 Å². The molecule has 2 N–H and O–H groups in total. The summed E-state index contributed by atoms with van der Waals surface area (Å²) in [6.45, 7) is 7.09. The lowest BCUT2D eigenvalue weighted by Crippen LogP contribution is -2.18.